The average molecular weight is 273 g/mol. The molecule has 0 amide bonds. The first-order valence-corrected chi connectivity index (χ1v) is 6.59. The summed E-state index contributed by atoms with van der Waals surface area (Å²) in [4.78, 5) is 0. The van der Waals surface area contributed by atoms with Crippen LogP contribution in [0.3, 0.4) is 0 Å². The number of hydrogen-bond acceptors (Lipinski definition) is 3. The van der Waals surface area contributed by atoms with Gasteiger partial charge in [0.1, 0.15) is 5.82 Å². The molecule has 0 aromatic heterocycles. The molecule has 1 atom stereocenters. The van der Waals surface area contributed by atoms with Gasteiger partial charge in [-0.15, -0.1) is 0 Å². The molecule has 2 rings (SSSR count). The molecule has 2 aromatic rings. The summed E-state index contributed by atoms with van der Waals surface area (Å²) in [6, 6.07) is 10.3. The van der Waals surface area contributed by atoms with E-state index in [1.54, 1.807) is 6.07 Å². The van der Waals surface area contributed by atoms with Crippen LogP contribution in [0.1, 0.15) is 28.3 Å². The van der Waals surface area contributed by atoms with Crippen LogP contribution in [0.15, 0.2) is 36.4 Å². The lowest BCUT2D eigenvalue weighted by Gasteiger charge is -2.20. The van der Waals surface area contributed by atoms with E-state index in [0.29, 0.717) is 17.7 Å². The first-order valence-electron chi connectivity index (χ1n) is 6.59. The van der Waals surface area contributed by atoms with E-state index in [2.05, 4.69) is 31.4 Å². The van der Waals surface area contributed by atoms with E-state index in [9.17, 15) is 4.39 Å². The molecule has 5 N–H and O–H groups in total. The van der Waals surface area contributed by atoms with Crippen LogP contribution in [0, 0.1) is 19.7 Å². The highest BCUT2D eigenvalue weighted by Gasteiger charge is 2.16. The molecule has 0 radical (unpaired) electrons. The van der Waals surface area contributed by atoms with E-state index in [4.69, 9.17) is 11.6 Å². The summed E-state index contributed by atoms with van der Waals surface area (Å²) < 4.78 is 13.4. The highest BCUT2D eigenvalue weighted by Crippen LogP contribution is 2.26. The lowest BCUT2D eigenvalue weighted by molar-refractivity contribution is 0.544. The zero-order chi connectivity index (χ0) is 14.7. The molecular formula is C16H20FN3. The zero-order valence-electron chi connectivity index (χ0n) is 11.8. The summed E-state index contributed by atoms with van der Waals surface area (Å²) in [6.45, 7) is 4.12. The second-order valence-electron chi connectivity index (χ2n) is 5.07. The first kappa shape index (κ1) is 14.5. The minimum Gasteiger partial charge on any atom is -0.398 e. The maximum atomic E-state index is 13.4. The molecule has 4 heteroatoms. The summed E-state index contributed by atoms with van der Waals surface area (Å²) in [5, 5.41) is 0. The number of anilines is 1. The summed E-state index contributed by atoms with van der Waals surface area (Å²) >= 11 is 0. The van der Waals surface area contributed by atoms with Crippen LogP contribution in [0.25, 0.3) is 0 Å². The van der Waals surface area contributed by atoms with E-state index < -0.39 is 0 Å². The fraction of sp³-hybridized carbons (Fsp3) is 0.250. The van der Waals surface area contributed by atoms with Crippen molar-refractivity contribution in [2.24, 2.45) is 5.84 Å². The maximum absolute atomic E-state index is 13.4. The standard InChI is InChI=1S/C16H20FN3/c1-10-4-3-5-11(2)13(10)9-16(20-19)14-8-12(17)6-7-15(14)18/h3-8,16,20H,9,18-19H2,1-2H3. The summed E-state index contributed by atoms with van der Waals surface area (Å²) in [7, 11) is 0. The van der Waals surface area contributed by atoms with Crippen molar-refractivity contribution in [3.63, 3.8) is 0 Å². The Hall–Kier alpha value is -1.91. The highest BCUT2D eigenvalue weighted by molar-refractivity contribution is 5.49. The predicted octanol–water partition coefficient (Wildman–Crippen LogP) is 2.77. The van der Waals surface area contributed by atoms with E-state index in [0.717, 1.165) is 0 Å². The fourth-order valence-electron chi connectivity index (χ4n) is 2.48. The topological polar surface area (TPSA) is 64.1 Å². The van der Waals surface area contributed by atoms with Crippen molar-refractivity contribution in [3.05, 3.63) is 64.5 Å². The highest BCUT2D eigenvalue weighted by atomic mass is 19.1. The molecule has 0 spiro atoms. The number of aryl methyl sites for hydroxylation is 2. The molecule has 0 saturated heterocycles. The Morgan fingerprint density at radius 3 is 2.40 bits per heavy atom. The van der Waals surface area contributed by atoms with Gasteiger partial charge in [0.05, 0.1) is 6.04 Å². The van der Waals surface area contributed by atoms with Gasteiger partial charge in [0.25, 0.3) is 0 Å². The summed E-state index contributed by atoms with van der Waals surface area (Å²) in [5.41, 5.74) is 13.5. The second-order valence-corrected chi connectivity index (χ2v) is 5.07. The quantitative estimate of drug-likeness (QED) is 0.456. The predicted molar refractivity (Wildman–Crippen MR) is 80.5 cm³/mol. The SMILES string of the molecule is Cc1cccc(C)c1CC(NN)c1cc(F)ccc1N. The Kier molecular flexibility index (Phi) is 4.37. The molecule has 0 saturated carbocycles. The minimum absolute atomic E-state index is 0.217. The van der Waals surface area contributed by atoms with Gasteiger partial charge in [-0.05, 0) is 60.7 Å². The molecule has 0 aliphatic rings. The van der Waals surface area contributed by atoms with Gasteiger partial charge in [-0.25, -0.2) is 4.39 Å². The van der Waals surface area contributed by atoms with Crippen molar-refractivity contribution in [3.8, 4) is 0 Å². The minimum atomic E-state index is -0.309. The van der Waals surface area contributed by atoms with E-state index in [1.807, 2.05) is 6.07 Å². The Bertz CT molecular complexity index is 590. The fourth-order valence-corrected chi connectivity index (χ4v) is 2.48. The molecule has 0 fully saturated rings. The number of benzene rings is 2. The molecular weight excluding hydrogens is 253 g/mol. The van der Waals surface area contributed by atoms with Gasteiger partial charge >= 0.3 is 0 Å². The number of nitrogens with two attached hydrogens (primary N) is 2. The van der Waals surface area contributed by atoms with Crippen molar-refractivity contribution in [2.45, 2.75) is 26.3 Å². The van der Waals surface area contributed by atoms with Crippen molar-refractivity contribution in [1.82, 2.24) is 5.43 Å². The molecule has 20 heavy (non-hydrogen) atoms. The molecule has 0 aliphatic heterocycles. The Morgan fingerprint density at radius 2 is 1.80 bits per heavy atom. The van der Waals surface area contributed by atoms with Crippen LogP contribution in [0.4, 0.5) is 10.1 Å². The lowest BCUT2D eigenvalue weighted by atomic mass is 9.92. The normalized spacial score (nSPS) is 12.4. The smallest absolute Gasteiger partial charge is 0.123 e. The summed E-state index contributed by atoms with van der Waals surface area (Å²) in [5.74, 6) is 5.33. The van der Waals surface area contributed by atoms with Crippen molar-refractivity contribution in [2.75, 3.05) is 5.73 Å². The van der Waals surface area contributed by atoms with Crippen molar-refractivity contribution in [1.29, 1.82) is 0 Å². The molecule has 1 unspecified atom stereocenters. The molecule has 2 aromatic carbocycles. The maximum Gasteiger partial charge on any atom is 0.123 e. The van der Waals surface area contributed by atoms with Gasteiger partial charge in [0.2, 0.25) is 0 Å². The van der Waals surface area contributed by atoms with Gasteiger partial charge in [-0.3, -0.25) is 11.3 Å². The van der Waals surface area contributed by atoms with E-state index in [1.165, 1.54) is 28.8 Å². The van der Waals surface area contributed by atoms with Crippen molar-refractivity contribution < 1.29 is 4.39 Å². The third-order valence-electron chi connectivity index (χ3n) is 3.68. The first-order chi connectivity index (χ1) is 9.52. The van der Waals surface area contributed by atoms with Crippen LogP contribution in [-0.4, -0.2) is 0 Å². The van der Waals surface area contributed by atoms with E-state index in [-0.39, 0.29) is 11.9 Å². The van der Waals surface area contributed by atoms with Crippen LogP contribution in [0.2, 0.25) is 0 Å². The number of nitrogens with one attached hydrogen (secondary N) is 1. The monoisotopic (exact) mass is 273 g/mol. The Balaban J connectivity index is 2.36. The number of hydrogen-bond donors (Lipinski definition) is 3. The molecule has 3 nitrogen and oxygen atoms in total. The van der Waals surface area contributed by atoms with Crippen LogP contribution in [-0.2, 0) is 6.42 Å². The van der Waals surface area contributed by atoms with Gasteiger partial charge in [-0.1, -0.05) is 18.2 Å². The third-order valence-corrected chi connectivity index (χ3v) is 3.68. The second kappa shape index (κ2) is 6.03. The number of halogens is 1. The van der Waals surface area contributed by atoms with Crippen LogP contribution in [0.5, 0.6) is 0 Å². The molecule has 106 valence electrons. The Labute approximate surface area is 118 Å². The Morgan fingerprint density at radius 1 is 1.15 bits per heavy atom. The van der Waals surface area contributed by atoms with E-state index >= 15 is 0 Å². The van der Waals surface area contributed by atoms with Gasteiger partial charge in [0, 0.05) is 5.69 Å². The number of hydrazine groups is 1. The van der Waals surface area contributed by atoms with Crippen LogP contribution >= 0.6 is 0 Å². The van der Waals surface area contributed by atoms with Crippen LogP contribution < -0.4 is 17.0 Å². The van der Waals surface area contributed by atoms with Crippen molar-refractivity contribution >= 4 is 5.69 Å². The molecule has 0 heterocycles. The third kappa shape index (κ3) is 2.98. The molecule has 0 aliphatic carbocycles. The van der Waals surface area contributed by atoms with Gasteiger partial charge < -0.3 is 5.73 Å². The number of nitrogen functional groups attached to an aromatic ring is 1. The summed E-state index contributed by atoms with van der Waals surface area (Å²) in [6.07, 6.45) is 0.669. The molecule has 0 bridgehead atoms. The van der Waals surface area contributed by atoms with Gasteiger partial charge in [0.15, 0.2) is 0 Å². The average Bonchev–Trinajstić information content (AvgIpc) is 2.42. The zero-order valence-corrected chi connectivity index (χ0v) is 11.8. The number of rotatable bonds is 4. The lowest BCUT2D eigenvalue weighted by Crippen LogP contribution is -2.30. The van der Waals surface area contributed by atoms with Gasteiger partial charge in [-0.2, -0.15) is 0 Å². The largest absolute Gasteiger partial charge is 0.398 e.